The lowest BCUT2D eigenvalue weighted by Gasteiger charge is -2.09. The van der Waals surface area contributed by atoms with Crippen LogP contribution < -0.4 is 11.2 Å². The molecule has 138 valence electrons. The first-order valence-corrected chi connectivity index (χ1v) is 9.47. The fourth-order valence-electron chi connectivity index (χ4n) is 2.77. The highest BCUT2D eigenvalue weighted by Crippen LogP contribution is 2.13. The molecule has 1 aromatic carbocycles. The lowest BCUT2D eigenvalue weighted by atomic mass is 10.4. The highest BCUT2D eigenvalue weighted by Gasteiger charge is 2.17. The lowest BCUT2D eigenvalue weighted by molar-refractivity contribution is 0.568. The Bertz CT molecular complexity index is 1190. The zero-order valence-corrected chi connectivity index (χ0v) is 15.0. The number of fused-ring (bicyclic) bond motifs is 1. The van der Waals surface area contributed by atoms with Crippen molar-refractivity contribution in [1.82, 2.24) is 18.7 Å². The number of hydrogen-bond donors (Lipinski definition) is 0. The van der Waals surface area contributed by atoms with Gasteiger partial charge >= 0.3 is 5.69 Å². The molecule has 0 aliphatic carbocycles. The maximum Gasteiger partial charge on any atom is 0.332 e. The van der Waals surface area contributed by atoms with Crippen LogP contribution in [0.4, 0.5) is 4.39 Å². The highest BCUT2D eigenvalue weighted by atomic mass is 32.2. The van der Waals surface area contributed by atoms with Gasteiger partial charge in [0.15, 0.2) is 21.0 Å². The van der Waals surface area contributed by atoms with E-state index in [0.717, 1.165) is 16.7 Å². The third kappa shape index (κ3) is 3.07. The average molecular weight is 380 g/mol. The van der Waals surface area contributed by atoms with Gasteiger partial charge < -0.3 is 4.57 Å². The van der Waals surface area contributed by atoms with Gasteiger partial charge in [-0.2, -0.15) is 0 Å². The Morgan fingerprint density at radius 3 is 2.42 bits per heavy atom. The fourth-order valence-corrected chi connectivity index (χ4v) is 4.06. The molecule has 0 amide bonds. The molecule has 0 bridgehead atoms. The quantitative estimate of drug-likeness (QED) is 0.599. The maximum absolute atomic E-state index is 12.9. The molecular weight excluding hydrogens is 363 g/mol. The monoisotopic (exact) mass is 380 g/mol. The predicted molar refractivity (Wildman–Crippen MR) is 93.3 cm³/mol. The number of imidazole rings is 1. The van der Waals surface area contributed by atoms with E-state index in [9.17, 15) is 22.4 Å². The molecule has 0 radical (unpaired) electrons. The molecule has 0 saturated heterocycles. The summed E-state index contributed by atoms with van der Waals surface area (Å²) in [4.78, 5) is 28.9. The van der Waals surface area contributed by atoms with Crippen molar-refractivity contribution in [1.29, 1.82) is 0 Å². The van der Waals surface area contributed by atoms with Crippen molar-refractivity contribution in [2.45, 2.75) is 17.9 Å². The molecule has 3 aromatic rings. The number of benzene rings is 1. The topological polar surface area (TPSA) is 96.0 Å². The zero-order chi connectivity index (χ0) is 19.1. The van der Waals surface area contributed by atoms with Gasteiger partial charge in [0.05, 0.1) is 17.0 Å². The number of sulfone groups is 1. The van der Waals surface area contributed by atoms with Crippen molar-refractivity contribution in [3.8, 4) is 0 Å². The highest BCUT2D eigenvalue weighted by molar-refractivity contribution is 7.91. The summed E-state index contributed by atoms with van der Waals surface area (Å²) in [6, 6.07) is 4.53. The van der Waals surface area contributed by atoms with Crippen molar-refractivity contribution < 1.29 is 12.8 Å². The minimum absolute atomic E-state index is 0.00114. The van der Waals surface area contributed by atoms with Crippen LogP contribution in [0.3, 0.4) is 0 Å². The first kappa shape index (κ1) is 18.1. The standard InChI is InChI=1S/C16H17FN4O4S/c1-19-10-18-14-13(19)15(22)21(16(23)20(14)2)8-3-9-26(24,25)12-6-4-11(17)5-7-12/h4-7,10H,3,8-9H2,1-2H3. The second-order valence-corrected chi connectivity index (χ2v) is 8.06. The molecule has 2 aromatic heterocycles. The van der Waals surface area contributed by atoms with Crippen LogP contribution in [-0.4, -0.2) is 32.9 Å². The van der Waals surface area contributed by atoms with Crippen LogP contribution in [0.15, 0.2) is 45.1 Å². The van der Waals surface area contributed by atoms with Gasteiger partial charge in [-0.3, -0.25) is 13.9 Å². The zero-order valence-electron chi connectivity index (χ0n) is 14.2. The van der Waals surface area contributed by atoms with Gasteiger partial charge in [-0.15, -0.1) is 0 Å². The number of nitrogens with zero attached hydrogens (tertiary/aromatic N) is 4. The molecule has 8 nitrogen and oxygen atoms in total. The first-order chi connectivity index (χ1) is 12.2. The number of halogens is 1. The second kappa shape index (κ2) is 6.52. The second-order valence-electron chi connectivity index (χ2n) is 5.95. The third-order valence-corrected chi connectivity index (χ3v) is 5.99. The third-order valence-electron chi connectivity index (χ3n) is 4.17. The molecule has 26 heavy (non-hydrogen) atoms. The van der Waals surface area contributed by atoms with Crippen molar-refractivity contribution in [2.75, 3.05) is 5.75 Å². The van der Waals surface area contributed by atoms with E-state index in [1.807, 2.05) is 0 Å². The Hall–Kier alpha value is -2.75. The predicted octanol–water partition coefficient (Wildman–Crippen LogP) is 0.437. The number of aromatic nitrogens is 4. The Morgan fingerprint density at radius 2 is 1.77 bits per heavy atom. The molecule has 0 spiro atoms. The molecular formula is C16H17FN4O4S. The van der Waals surface area contributed by atoms with E-state index in [-0.39, 0.29) is 34.8 Å². The van der Waals surface area contributed by atoms with Gasteiger partial charge in [0.1, 0.15) is 5.82 Å². The molecule has 0 atom stereocenters. The molecule has 0 fully saturated rings. The van der Waals surface area contributed by atoms with Crippen LogP contribution >= 0.6 is 0 Å². The summed E-state index contributed by atoms with van der Waals surface area (Å²) in [5, 5.41) is 0. The van der Waals surface area contributed by atoms with Crippen LogP contribution in [-0.2, 0) is 30.5 Å². The summed E-state index contributed by atoms with van der Waals surface area (Å²) < 4.78 is 41.3. The van der Waals surface area contributed by atoms with E-state index in [4.69, 9.17) is 0 Å². The van der Waals surface area contributed by atoms with Crippen molar-refractivity contribution >= 4 is 21.0 Å². The molecule has 0 aliphatic heterocycles. The summed E-state index contributed by atoms with van der Waals surface area (Å²) in [7, 11) is -0.485. The SMILES string of the molecule is Cn1cnc2c1c(=O)n(CCCS(=O)(=O)c1ccc(F)cc1)c(=O)n2C. The summed E-state index contributed by atoms with van der Waals surface area (Å²) >= 11 is 0. The fraction of sp³-hybridized carbons (Fsp3) is 0.312. The van der Waals surface area contributed by atoms with E-state index in [2.05, 4.69) is 4.98 Å². The molecule has 0 saturated carbocycles. The van der Waals surface area contributed by atoms with Gasteiger partial charge in [0.2, 0.25) is 0 Å². The normalized spacial score (nSPS) is 12.0. The molecule has 3 rings (SSSR count). The van der Waals surface area contributed by atoms with E-state index in [0.29, 0.717) is 0 Å². The molecule has 10 heteroatoms. The van der Waals surface area contributed by atoms with E-state index >= 15 is 0 Å². The number of rotatable bonds is 5. The Morgan fingerprint density at radius 1 is 1.12 bits per heavy atom. The molecule has 0 N–H and O–H groups in total. The van der Waals surface area contributed by atoms with Crippen LogP contribution in [0.1, 0.15) is 6.42 Å². The average Bonchev–Trinajstić information content (AvgIpc) is 2.98. The minimum atomic E-state index is -3.63. The smallest absolute Gasteiger partial charge is 0.328 e. The van der Waals surface area contributed by atoms with E-state index in [1.165, 1.54) is 34.6 Å². The summed E-state index contributed by atoms with van der Waals surface area (Å²) in [5.74, 6) is -0.791. The summed E-state index contributed by atoms with van der Waals surface area (Å²) in [6.45, 7) is -0.0486. The largest absolute Gasteiger partial charge is 0.332 e. The van der Waals surface area contributed by atoms with Crippen molar-refractivity contribution in [3.05, 3.63) is 57.2 Å². The van der Waals surface area contributed by atoms with Crippen molar-refractivity contribution in [3.63, 3.8) is 0 Å². The summed E-state index contributed by atoms with van der Waals surface area (Å²) in [5.41, 5.74) is -0.520. The lowest BCUT2D eigenvalue weighted by Crippen LogP contribution is -2.39. The molecule has 0 aliphatic rings. The van der Waals surface area contributed by atoms with E-state index in [1.54, 1.807) is 7.05 Å². The van der Waals surface area contributed by atoms with Gasteiger partial charge in [-0.25, -0.2) is 22.6 Å². The molecule has 0 unspecified atom stereocenters. The minimum Gasteiger partial charge on any atom is -0.328 e. The first-order valence-electron chi connectivity index (χ1n) is 7.81. The van der Waals surface area contributed by atoms with Gasteiger partial charge in [0, 0.05) is 20.6 Å². The Kier molecular flexibility index (Phi) is 4.53. The van der Waals surface area contributed by atoms with E-state index < -0.39 is 26.9 Å². The summed E-state index contributed by atoms with van der Waals surface area (Å²) in [6.07, 6.45) is 1.51. The van der Waals surface area contributed by atoms with Gasteiger partial charge in [-0.05, 0) is 30.7 Å². The van der Waals surface area contributed by atoms with Crippen LogP contribution in [0, 0.1) is 5.82 Å². The Balaban J connectivity index is 1.86. The molecule has 2 heterocycles. The van der Waals surface area contributed by atoms with Crippen molar-refractivity contribution in [2.24, 2.45) is 14.1 Å². The number of aryl methyl sites for hydroxylation is 2. The number of hydrogen-bond acceptors (Lipinski definition) is 5. The van der Waals surface area contributed by atoms with Gasteiger partial charge in [-0.1, -0.05) is 0 Å². The van der Waals surface area contributed by atoms with Crippen LogP contribution in [0.5, 0.6) is 0 Å². The van der Waals surface area contributed by atoms with Gasteiger partial charge in [0.25, 0.3) is 5.56 Å². The maximum atomic E-state index is 12.9. The van der Waals surface area contributed by atoms with Crippen LogP contribution in [0.25, 0.3) is 11.2 Å². The Labute approximate surface area is 148 Å². The van der Waals surface area contributed by atoms with Crippen LogP contribution in [0.2, 0.25) is 0 Å².